The molecule has 0 unspecified atom stereocenters. The number of carbonyl (C=O) groups excluding carboxylic acids is 3. The normalized spacial score (nSPS) is 15.9. The van der Waals surface area contributed by atoms with E-state index in [-0.39, 0.29) is 17.5 Å². The van der Waals surface area contributed by atoms with Gasteiger partial charge < -0.3 is 9.15 Å². The van der Waals surface area contributed by atoms with Gasteiger partial charge in [-0.1, -0.05) is 28.1 Å². The Morgan fingerprint density at radius 2 is 2.12 bits per heavy atom. The number of methoxy groups -OCH3 is 1. The second kappa shape index (κ2) is 7.28. The highest BCUT2D eigenvalue weighted by Gasteiger charge is 2.35. The third kappa shape index (κ3) is 3.85. The molecule has 8 heteroatoms. The fourth-order valence-corrected chi connectivity index (χ4v) is 3.47. The molecule has 3 rings (SSSR count). The summed E-state index contributed by atoms with van der Waals surface area (Å²) >= 11 is 4.24. The summed E-state index contributed by atoms with van der Waals surface area (Å²) in [7, 11) is 1.24. The maximum absolute atomic E-state index is 12.5. The quantitative estimate of drug-likeness (QED) is 0.546. The van der Waals surface area contributed by atoms with E-state index in [1.165, 1.54) is 19.2 Å². The maximum Gasteiger partial charge on any atom is 0.373 e. The Morgan fingerprint density at radius 3 is 2.84 bits per heavy atom. The molecule has 2 heterocycles. The molecule has 6 nitrogen and oxygen atoms in total. The third-order valence-electron chi connectivity index (χ3n) is 3.38. The number of ether oxygens (including phenoxy) is 1. The minimum atomic E-state index is -0.616. The van der Waals surface area contributed by atoms with Gasteiger partial charge in [0, 0.05) is 4.47 Å². The molecule has 2 aromatic rings. The van der Waals surface area contributed by atoms with E-state index < -0.39 is 11.9 Å². The van der Waals surface area contributed by atoms with Crippen LogP contribution in [0.1, 0.15) is 21.9 Å². The van der Waals surface area contributed by atoms with Crippen molar-refractivity contribution in [3.8, 4) is 0 Å². The van der Waals surface area contributed by atoms with Crippen molar-refractivity contribution < 1.29 is 23.5 Å². The molecule has 0 bridgehead atoms. The van der Waals surface area contributed by atoms with Gasteiger partial charge in [-0.3, -0.25) is 14.5 Å². The fourth-order valence-electron chi connectivity index (χ4n) is 2.21. The lowest BCUT2D eigenvalue weighted by Gasteiger charge is -2.09. The lowest BCUT2D eigenvalue weighted by Crippen LogP contribution is -2.27. The Balaban J connectivity index is 1.77. The number of carbonyl (C=O) groups is 3. The van der Waals surface area contributed by atoms with Gasteiger partial charge in [0.15, 0.2) is 0 Å². The van der Waals surface area contributed by atoms with Crippen LogP contribution in [0.4, 0.5) is 4.79 Å². The van der Waals surface area contributed by atoms with Crippen LogP contribution in [0.5, 0.6) is 0 Å². The summed E-state index contributed by atoms with van der Waals surface area (Å²) in [6.07, 6.45) is 1.66. The number of imide groups is 1. The molecule has 1 aliphatic heterocycles. The van der Waals surface area contributed by atoms with E-state index in [0.717, 1.165) is 26.7 Å². The van der Waals surface area contributed by atoms with Crippen LogP contribution in [-0.4, -0.2) is 29.1 Å². The largest absolute Gasteiger partial charge is 0.463 e. The van der Waals surface area contributed by atoms with Gasteiger partial charge in [-0.25, -0.2) is 4.79 Å². The van der Waals surface area contributed by atoms with Crippen LogP contribution in [0, 0.1) is 0 Å². The van der Waals surface area contributed by atoms with Crippen LogP contribution in [0.15, 0.2) is 50.2 Å². The summed E-state index contributed by atoms with van der Waals surface area (Å²) in [5, 5.41) is -0.387. The number of benzene rings is 1. The molecule has 0 saturated carbocycles. The lowest BCUT2D eigenvalue weighted by molar-refractivity contribution is -0.123. The first kappa shape index (κ1) is 17.5. The maximum atomic E-state index is 12.5. The van der Waals surface area contributed by atoms with Crippen molar-refractivity contribution >= 4 is 50.9 Å². The van der Waals surface area contributed by atoms with Crippen molar-refractivity contribution in [1.29, 1.82) is 0 Å². The average molecular weight is 422 g/mol. The molecule has 0 atom stereocenters. The standard InChI is InChI=1S/C17H12BrNO5S/c1-23-16(21)13-6-5-12(24-13)9-19-15(20)14(25-17(19)22)8-10-3-2-4-11(18)7-10/h2-8H,9H2,1H3/b14-8+. The van der Waals surface area contributed by atoms with Gasteiger partial charge in [0.2, 0.25) is 5.76 Å². The van der Waals surface area contributed by atoms with Crippen LogP contribution in [0.3, 0.4) is 0 Å². The van der Waals surface area contributed by atoms with Crippen LogP contribution in [0.2, 0.25) is 0 Å². The molecule has 0 aliphatic carbocycles. The van der Waals surface area contributed by atoms with E-state index in [4.69, 9.17) is 4.42 Å². The SMILES string of the molecule is COC(=O)c1ccc(CN2C(=O)S/C(=C/c3cccc(Br)c3)C2=O)o1. The van der Waals surface area contributed by atoms with Gasteiger partial charge in [-0.2, -0.15) is 0 Å². The summed E-state index contributed by atoms with van der Waals surface area (Å²) in [6, 6.07) is 10.4. The summed E-state index contributed by atoms with van der Waals surface area (Å²) < 4.78 is 10.7. The predicted octanol–water partition coefficient (Wildman–Crippen LogP) is 4.07. The first-order chi connectivity index (χ1) is 12.0. The third-order valence-corrected chi connectivity index (χ3v) is 4.78. The van der Waals surface area contributed by atoms with E-state index in [2.05, 4.69) is 20.7 Å². The summed E-state index contributed by atoms with van der Waals surface area (Å²) in [6.45, 7) is -0.0442. The first-order valence-corrected chi connectivity index (χ1v) is 8.77. The zero-order valence-electron chi connectivity index (χ0n) is 13.0. The smallest absolute Gasteiger partial charge is 0.373 e. The number of halogens is 1. The lowest BCUT2D eigenvalue weighted by atomic mass is 10.2. The summed E-state index contributed by atoms with van der Waals surface area (Å²) in [5.74, 6) is -0.665. The van der Waals surface area contributed by atoms with Gasteiger partial charge in [0.05, 0.1) is 18.6 Å². The molecule has 0 radical (unpaired) electrons. The Morgan fingerprint density at radius 1 is 1.32 bits per heavy atom. The monoisotopic (exact) mass is 421 g/mol. The fraction of sp³-hybridized carbons (Fsp3) is 0.118. The van der Waals surface area contributed by atoms with E-state index in [0.29, 0.717) is 10.7 Å². The molecule has 1 fully saturated rings. The average Bonchev–Trinajstić information content (AvgIpc) is 3.15. The number of thioether (sulfide) groups is 1. The van der Waals surface area contributed by atoms with Gasteiger partial charge in [0.1, 0.15) is 5.76 Å². The zero-order chi connectivity index (χ0) is 18.0. The van der Waals surface area contributed by atoms with Gasteiger partial charge >= 0.3 is 5.97 Å². The molecule has 1 aliphatic rings. The molecular formula is C17H12BrNO5S. The highest BCUT2D eigenvalue weighted by Crippen LogP contribution is 2.33. The number of amides is 2. The Bertz CT molecular complexity index is 889. The zero-order valence-corrected chi connectivity index (χ0v) is 15.4. The number of nitrogens with zero attached hydrogens (tertiary/aromatic N) is 1. The number of hydrogen-bond donors (Lipinski definition) is 0. The van der Waals surface area contributed by atoms with Crippen molar-refractivity contribution in [3.63, 3.8) is 0 Å². The molecule has 0 N–H and O–H groups in total. The van der Waals surface area contributed by atoms with Crippen LogP contribution in [0.25, 0.3) is 6.08 Å². The van der Waals surface area contributed by atoms with Crippen LogP contribution >= 0.6 is 27.7 Å². The van der Waals surface area contributed by atoms with E-state index in [1.807, 2.05) is 24.3 Å². The van der Waals surface area contributed by atoms with Crippen molar-refractivity contribution in [2.24, 2.45) is 0 Å². The summed E-state index contributed by atoms with van der Waals surface area (Å²) in [4.78, 5) is 37.4. The predicted molar refractivity (Wildman–Crippen MR) is 95.7 cm³/mol. The van der Waals surface area contributed by atoms with E-state index in [1.54, 1.807) is 6.08 Å². The molecular weight excluding hydrogens is 410 g/mol. The van der Waals surface area contributed by atoms with Crippen molar-refractivity contribution in [2.75, 3.05) is 7.11 Å². The molecule has 2 amide bonds. The van der Waals surface area contributed by atoms with Crippen molar-refractivity contribution in [3.05, 3.63) is 62.9 Å². The van der Waals surface area contributed by atoms with E-state index in [9.17, 15) is 14.4 Å². The molecule has 1 saturated heterocycles. The topological polar surface area (TPSA) is 76.8 Å². The molecule has 1 aromatic heterocycles. The first-order valence-electron chi connectivity index (χ1n) is 7.16. The van der Waals surface area contributed by atoms with Crippen molar-refractivity contribution in [2.45, 2.75) is 6.54 Å². The molecule has 128 valence electrons. The van der Waals surface area contributed by atoms with Crippen molar-refractivity contribution in [1.82, 2.24) is 4.90 Å². The Kier molecular flexibility index (Phi) is 5.10. The number of hydrogen-bond acceptors (Lipinski definition) is 6. The number of furan rings is 1. The second-order valence-corrected chi connectivity index (χ2v) is 6.99. The minimum Gasteiger partial charge on any atom is -0.463 e. The van der Waals surface area contributed by atoms with Gasteiger partial charge in [-0.05, 0) is 47.7 Å². The minimum absolute atomic E-state index is 0.0224. The van der Waals surface area contributed by atoms with Crippen LogP contribution < -0.4 is 0 Å². The second-order valence-electron chi connectivity index (χ2n) is 5.08. The molecule has 1 aromatic carbocycles. The van der Waals surface area contributed by atoms with Crippen LogP contribution in [-0.2, 0) is 16.1 Å². The Hall–Kier alpha value is -2.32. The van der Waals surface area contributed by atoms with Gasteiger partial charge in [-0.15, -0.1) is 0 Å². The number of rotatable bonds is 4. The van der Waals surface area contributed by atoms with E-state index >= 15 is 0 Å². The molecule has 0 spiro atoms. The van der Waals surface area contributed by atoms with Gasteiger partial charge in [0.25, 0.3) is 11.1 Å². The Labute approximate surface area is 155 Å². The summed E-state index contributed by atoms with van der Waals surface area (Å²) in [5.41, 5.74) is 0.811. The molecule has 25 heavy (non-hydrogen) atoms. The highest BCUT2D eigenvalue weighted by molar-refractivity contribution is 9.10. The number of esters is 1. The highest BCUT2D eigenvalue weighted by atomic mass is 79.9.